The van der Waals surface area contributed by atoms with Gasteiger partial charge in [0.2, 0.25) is 0 Å². The second kappa shape index (κ2) is 10.9. The predicted octanol–water partition coefficient (Wildman–Crippen LogP) is 9.86. The van der Waals surface area contributed by atoms with E-state index < -0.39 is 0 Å². The molecule has 204 valence electrons. The fourth-order valence-corrected chi connectivity index (χ4v) is 8.89. The number of aromatic nitrogens is 4. The van der Waals surface area contributed by atoms with Crippen LogP contribution < -0.4 is 0 Å². The van der Waals surface area contributed by atoms with Crippen LogP contribution in [0.2, 0.25) is 0 Å². The highest BCUT2D eigenvalue weighted by Gasteiger charge is 2.25. The number of thioether (sulfide) groups is 2. The SMILES string of the molecule is C1=Cc2nc1c(C1SCCCS1)c1nc(c(-c3ccccc3)c3ccc(cc4ccc([nH]4)c2-c2ccccc2)[nH]3)C=C1. The summed E-state index contributed by atoms with van der Waals surface area (Å²) in [5, 5.41) is 0. The lowest BCUT2D eigenvalue weighted by molar-refractivity contribution is 1.09. The number of hydrogen-bond donors (Lipinski definition) is 2. The third-order valence-corrected chi connectivity index (χ3v) is 10.7. The Morgan fingerprint density at radius 3 is 1.52 bits per heavy atom. The van der Waals surface area contributed by atoms with E-state index in [1.165, 1.54) is 12.0 Å². The van der Waals surface area contributed by atoms with Gasteiger partial charge in [0.25, 0.3) is 0 Å². The van der Waals surface area contributed by atoms with Crippen LogP contribution in [0.4, 0.5) is 0 Å². The second-order valence-electron chi connectivity index (χ2n) is 10.6. The Kier molecular flexibility index (Phi) is 6.58. The lowest BCUT2D eigenvalue weighted by Gasteiger charge is -2.22. The molecular weight excluding hydrogens is 553 g/mol. The smallest absolute Gasteiger partial charge is 0.0793 e. The van der Waals surface area contributed by atoms with Crippen molar-refractivity contribution in [2.75, 3.05) is 11.5 Å². The van der Waals surface area contributed by atoms with Gasteiger partial charge in [0, 0.05) is 38.8 Å². The van der Waals surface area contributed by atoms with Gasteiger partial charge in [0.05, 0.1) is 27.4 Å². The highest BCUT2D eigenvalue weighted by molar-refractivity contribution is 8.16. The maximum Gasteiger partial charge on any atom is 0.0793 e. The molecule has 0 spiro atoms. The lowest BCUT2D eigenvalue weighted by atomic mass is 10.0. The molecule has 1 fully saturated rings. The molecule has 3 aromatic heterocycles. The van der Waals surface area contributed by atoms with Crippen LogP contribution in [0, 0.1) is 0 Å². The first-order valence-corrected chi connectivity index (χ1v) is 16.4. The summed E-state index contributed by atoms with van der Waals surface area (Å²) in [7, 11) is 0. The molecule has 4 nitrogen and oxygen atoms in total. The monoisotopic (exact) mass is 580 g/mol. The third kappa shape index (κ3) is 4.71. The summed E-state index contributed by atoms with van der Waals surface area (Å²) < 4.78 is 0.285. The van der Waals surface area contributed by atoms with E-state index >= 15 is 0 Å². The third-order valence-electron chi connectivity index (χ3n) is 7.80. The average Bonchev–Trinajstić information content (AvgIpc) is 3.86. The van der Waals surface area contributed by atoms with Crippen molar-refractivity contribution in [2.24, 2.45) is 0 Å². The summed E-state index contributed by atoms with van der Waals surface area (Å²) in [6.45, 7) is 0. The molecule has 2 aromatic carbocycles. The first kappa shape index (κ1) is 25.5. The van der Waals surface area contributed by atoms with Gasteiger partial charge in [0.15, 0.2) is 0 Å². The topological polar surface area (TPSA) is 57.4 Å². The Bertz CT molecular complexity index is 1880. The molecule has 0 radical (unpaired) electrons. The van der Waals surface area contributed by atoms with Crippen LogP contribution in [0.3, 0.4) is 0 Å². The zero-order chi connectivity index (χ0) is 27.9. The largest absolute Gasteiger partial charge is 0.355 e. The van der Waals surface area contributed by atoms with Crippen molar-refractivity contribution in [3.05, 3.63) is 119 Å². The molecule has 0 aliphatic carbocycles. The van der Waals surface area contributed by atoms with E-state index in [-0.39, 0.29) is 4.58 Å². The second-order valence-corrected chi connectivity index (χ2v) is 13.3. The van der Waals surface area contributed by atoms with Crippen LogP contribution in [0.25, 0.3) is 68.6 Å². The molecule has 8 rings (SSSR count). The summed E-state index contributed by atoms with van der Waals surface area (Å²) in [5.41, 5.74) is 13.8. The van der Waals surface area contributed by atoms with Gasteiger partial charge in [-0.2, -0.15) is 0 Å². The Morgan fingerprint density at radius 2 is 1.02 bits per heavy atom. The minimum Gasteiger partial charge on any atom is -0.355 e. The Hall–Kier alpha value is -4.26. The molecule has 3 aliphatic heterocycles. The first-order chi connectivity index (χ1) is 20.8. The molecule has 0 amide bonds. The number of nitrogens with one attached hydrogen (secondary N) is 2. The maximum absolute atomic E-state index is 5.33. The number of aromatic amines is 2. The van der Waals surface area contributed by atoms with Crippen molar-refractivity contribution in [1.82, 2.24) is 19.9 Å². The van der Waals surface area contributed by atoms with Crippen LogP contribution in [0.5, 0.6) is 0 Å². The van der Waals surface area contributed by atoms with Crippen molar-refractivity contribution in [1.29, 1.82) is 0 Å². The molecule has 0 unspecified atom stereocenters. The van der Waals surface area contributed by atoms with Crippen molar-refractivity contribution >= 4 is 69.9 Å². The molecular formula is C36H28N4S2. The van der Waals surface area contributed by atoms with Gasteiger partial charge in [-0.1, -0.05) is 60.7 Å². The van der Waals surface area contributed by atoms with Gasteiger partial charge in [-0.15, -0.1) is 23.5 Å². The number of nitrogens with zero attached hydrogens (tertiary/aromatic N) is 2. The fourth-order valence-electron chi connectivity index (χ4n) is 5.87. The van der Waals surface area contributed by atoms with E-state index in [1.807, 2.05) is 23.5 Å². The summed E-state index contributed by atoms with van der Waals surface area (Å²) in [6, 6.07) is 31.9. The molecule has 2 N–H and O–H groups in total. The van der Waals surface area contributed by atoms with Crippen LogP contribution in [-0.4, -0.2) is 31.4 Å². The summed E-state index contributed by atoms with van der Waals surface area (Å²) in [5.74, 6) is 2.30. The normalized spacial score (nSPS) is 14.9. The number of hydrogen-bond acceptors (Lipinski definition) is 4. The fraction of sp³-hybridized carbons (Fsp3) is 0.111. The number of fused-ring (bicyclic) bond motifs is 8. The van der Waals surface area contributed by atoms with Crippen LogP contribution in [0.1, 0.15) is 39.3 Å². The van der Waals surface area contributed by atoms with Crippen molar-refractivity contribution in [2.45, 2.75) is 11.0 Å². The van der Waals surface area contributed by atoms with E-state index in [1.54, 1.807) is 0 Å². The zero-order valence-corrected chi connectivity index (χ0v) is 24.5. The van der Waals surface area contributed by atoms with Crippen LogP contribution in [0.15, 0.2) is 91.0 Å². The molecule has 6 heteroatoms. The first-order valence-electron chi connectivity index (χ1n) is 14.3. The van der Waals surface area contributed by atoms with Gasteiger partial charge in [0.1, 0.15) is 0 Å². The van der Waals surface area contributed by atoms with Gasteiger partial charge in [-0.25, -0.2) is 9.97 Å². The highest BCUT2D eigenvalue weighted by atomic mass is 32.2. The minimum atomic E-state index is 0.285. The Balaban J connectivity index is 1.51. The van der Waals surface area contributed by atoms with Gasteiger partial charge in [-0.05, 0) is 83.7 Å². The van der Waals surface area contributed by atoms with Crippen molar-refractivity contribution in [3.63, 3.8) is 0 Å². The molecule has 42 heavy (non-hydrogen) atoms. The lowest BCUT2D eigenvalue weighted by Crippen LogP contribution is -2.04. The van der Waals surface area contributed by atoms with E-state index in [0.29, 0.717) is 0 Å². The summed E-state index contributed by atoms with van der Waals surface area (Å²) in [4.78, 5) is 18.0. The molecule has 1 saturated heterocycles. The number of benzene rings is 2. The number of H-pyrrole nitrogens is 2. The molecule has 0 saturated carbocycles. The van der Waals surface area contributed by atoms with E-state index in [2.05, 4.69) is 125 Å². The Labute approximate surface area is 253 Å². The van der Waals surface area contributed by atoms with Crippen LogP contribution in [-0.2, 0) is 0 Å². The van der Waals surface area contributed by atoms with Crippen LogP contribution >= 0.6 is 23.5 Å². The average molecular weight is 581 g/mol. The molecule has 6 heterocycles. The quantitative estimate of drug-likeness (QED) is 0.218. The highest BCUT2D eigenvalue weighted by Crippen LogP contribution is 2.47. The van der Waals surface area contributed by atoms with Crippen molar-refractivity contribution < 1.29 is 0 Å². The molecule has 3 aliphatic rings. The van der Waals surface area contributed by atoms with E-state index in [9.17, 15) is 0 Å². The van der Waals surface area contributed by atoms with Gasteiger partial charge >= 0.3 is 0 Å². The van der Waals surface area contributed by atoms with E-state index in [0.717, 1.165) is 78.6 Å². The molecule has 8 bridgehead atoms. The maximum atomic E-state index is 5.33. The minimum absolute atomic E-state index is 0.285. The number of rotatable bonds is 3. The van der Waals surface area contributed by atoms with Gasteiger partial charge < -0.3 is 9.97 Å². The zero-order valence-electron chi connectivity index (χ0n) is 22.9. The van der Waals surface area contributed by atoms with Crippen molar-refractivity contribution in [3.8, 4) is 22.3 Å². The standard InChI is InChI=1S/C36H28N4S2/c1-3-8-23(9-4-1)33-27-14-12-25(37-27)22-26-13-15-28(38-26)34(24-10-5-2-6-11-24)30-17-19-32(40-30)35(31-18-16-29(33)39-31)36-41-20-7-21-42-36/h1-6,8-19,22,36-38H,7,20-21H2. The molecule has 5 aromatic rings. The summed E-state index contributed by atoms with van der Waals surface area (Å²) >= 11 is 4.02. The van der Waals surface area contributed by atoms with E-state index in [4.69, 9.17) is 9.97 Å². The predicted molar refractivity (Wildman–Crippen MR) is 182 cm³/mol. The summed E-state index contributed by atoms with van der Waals surface area (Å²) in [6.07, 6.45) is 9.94. The molecule has 0 atom stereocenters. The Morgan fingerprint density at radius 1 is 0.548 bits per heavy atom. The van der Waals surface area contributed by atoms with Gasteiger partial charge in [-0.3, -0.25) is 0 Å².